The second kappa shape index (κ2) is 7.03. The Morgan fingerprint density at radius 3 is 2.33 bits per heavy atom. The van der Waals surface area contributed by atoms with Crippen molar-refractivity contribution in [1.82, 2.24) is 19.9 Å². The van der Waals surface area contributed by atoms with Crippen molar-refractivity contribution in [3.63, 3.8) is 0 Å². The number of hydrogen-bond acceptors (Lipinski definition) is 5. The fourth-order valence-corrected chi connectivity index (χ4v) is 3.03. The lowest BCUT2D eigenvalue weighted by Crippen LogP contribution is -2.50. The minimum atomic E-state index is -0.418. The monoisotopic (exact) mass is 362 g/mol. The SMILES string of the molecule is COC(=O)c1ccc(C(=O)N2CC(n3cc(-c4ccccc4)nn3)C2)cc1. The van der Waals surface area contributed by atoms with Gasteiger partial charge in [0.25, 0.3) is 5.91 Å². The molecule has 0 N–H and O–H groups in total. The summed E-state index contributed by atoms with van der Waals surface area (Å²) >= 11 is 0. The highest BCUT2D eigenvalue weighted by molar-refractivity contribution is 5.96. The van der Waals surface area contributed by atoms with E-state index in [1.807, 2.05) is 41.2 Å². The molecule has 27 heavy (non-hydrogen) atoms. The van der Waals surface area contributed by atoms with Crippen LogP contribution in [0.5, 0.6) is 0 Å². The zero-order chi connectivity index (χ0) is 18.8. The van der Waals surface area contributed by atoms with Crippen LogP contribution in [0.3, 0.4) is 0 Å². The summed E-state index contributed by atoms with van der Waals surface area (Å²) in [5, 5.41) is 8.42. The highest BCUT2D eigenvalue weighted by Gasteiger charge is 2.33. The maximum absolute atomic E-state index is 12.5. The first kappa shape index (κ1) is 17.0. The van der Waals surface area contributed by atoms with Crippen LogP contribution in [-0.4, -0.2) is 52.0 Å². The average molecular weight is 362 g/mol. The van der Waals surface area contributed by atoms with Gasteiger partial charge >= 0.3 is 5.97 Å². The van der Waals surface area contributed by atoms with Crippen molar-refractivity contribution >= 4 is 11.9 Å². The summed E-state index contributed by atoms with van der Waals surface area (Å²) < 4.78 is 6.48. The lowest BCUT2D eigenvalue weighted by Gasteiger charge is -2.38. The normalized spacial score (nSPS) is 13.9. The zero-order valence-electron chi connectivity index (χ0n) is 14.8. The Bertz CT molecular complexity index is 960. The van der Waals surface area contributed by atoms with Crippen LogP contribution in [0.1, 0.15) is 26.8 Å². The molecule has 0 radical (unpaired) electrons. The summed E-state index contributed by atoms with van der Waals surface area (Å²) in [5.41, 5.74) is 2.80. The number of ether oxygens (including phenoxy) is 1. The van der Waals surface area contributed by atoms with E-state index in [1.165, 1.54) is 7.11 Å². The van der Waals surface area contributed by atoms with E-state index in [9.17, 15) is 9.59 Å². The molecule has 4 rings (SSSR count). The van der Waals surface area contributed by atoms with Crippen molar-refractivity contribution in [2.24, 2.45) is 0 Å². The van der Waals surface area contributed by atoms with Crippen molar-refractivity contribution in [2.45, 2.75) is 6.04 Å². The highest BCUT2D eigenvalue weighted by atomic mass is 16.5. The topological polar surface area (TPSA) is 77.3 Å². The lowest BCUT2D eigenvalue weighted by molar-refractivity contribution is 0.0497. The van der Waals surface area contributed by atoms with Crippen LogP contribution in [0, 0.1) is 0 Å². The van der Waals surface area contributed by atoms with E-state index >= 15 is 0 Å². The number of amides is 1. The van der Waals surface area contributed by atoms with Gasteiger partial charge in [0.1, 0.15) is 5.69 Å². The second-order valence-electron chi connectivity index (χ2n) is 6.38. The number of carbonyl (C=O) groups excluding carboxylic acids is 2. The molecule has 1 amide bonds. The number of rotatable bonds is 4. The first-order chi connectivity index (χ1) is 13.2. The molecule has 7 nitrogen and oxygen atoms in total. The molecule has 2 heterocycles. The standard InChI is InChI=1S/C20H18N4O3/c1-27-20(26)16-9-7-15(8-10-16)19(25)23-11-17(12-23)24-13-18(21-22-24)14-5-3-2-4-6-14/h2-10,13,17H,11-12H2,1H3. The maximum Gasteiger partial charge on any atom is 0.337 e. The molecule has 0 unspecified atom stereocenters. The van der Waals surface area contributed by atoms with Crippen molar-refractivity contribution in [3.05, 3.63) is 71.9 Å². The molecule has 0 bridgehead atoms. The number of aromatic nitrogens is 3. The fraction of sp³-hybridized carbons (Fsp3) is 0.200. The van der Waals surface area contributed by atoms with Crippen LogP contribution in [-0.2, 0) is 4.74 Å². The van der Waals surface area contributed by atoms with Gasteiger partial charge in [0.15, 0.2) is 0 Å². The Morgan fingerprint density at radius 2 is 1.67 bits per heavy atom. The summed E-state index contributed by atoms with van der Waals surface area (Å²) in [4.78, 5) is 25.8. The van der Waals surface area contributed by atoms with Crippen molar-refractivity contribution in [1.29, 1.82) is 0 Å². The molecule has 1 aromatic heterocycles. The van der Waals surface area contributed by atoms with Gasteiger partial charge in [-0.1, -0.05) is 35.5 Å². The van der Waals surface area contributed by atoms with E-state index in [-0.39, 0.29) is 11.9 Å². The number of esters is 1. The van der Waals surface area contributed by atoms with Crippen LogP contribution in [0.15, 0.2) is 60.8 Å². The third kappa shape index (κ3) is 3.31. The third-order valence-corrected chi connectivity index (χ3v) is 4.66. The van der Waals surface area contributed by atoms with E-state index in [2.05, 4.69) is 15.0 Å². The molecule has 2 aromatic carbocycles. The molecular weight excluding hydrogens is 344 g/mol. The number of carbonyl (C=O) groups is 2. The van der Waals surface area contributed by atoms with E-state index in [4.69, 9.17) is 0 Å². The Hall–Kier alpha value is -3.48. The molecule has 1 fully saturated rings. The first-order valence-electron chi connectivity index (χ1n) is 8.60. The van der Waals surface area contributed by atoms with Gasteiger partial charge < -0.3 is 9.64 Å². The highest BCUT2D eigenvalue weighted by Crippen LogP contribution is 2.24. The lowest BCUT2D eigenvalue weighted by atomic mass is 10.1. The molecule has 7 heteroatoms. The van der Waals surface area contributed by atoms with Crippen LogP contribution < -0.4 is 0 Å². The Morgan fingerprint density at radius 1 is 1.00 bits per heavy atom. The summed E-state index contributed by atoms with van der Waals surface area (Å²) in [5.74, 6) is -0.482. The predicted molar refractivity (Wildman–Crippen MR) is 98.2 cm³/mol. The zero-order valence-corrected chi connectivity index (χ0v) is 14.8. The summed E-state index contributed by atoms with van der Waals surface area (Å²) in [6, 6.07) is 16.5. The first-order valence-corrected chi connectivity index (χ1v) is 8.60. The largest absolute Gasteiger partial charge is 0.465 e. The molecule has 0 spiro atoms. The summed E-state index contributed by atoms with van der Waals surface area (Å²) in [7, 11) is 1.33. The van der Waals surface area contributed by atoms with Gasteiger partial charge in [-0.2, -0.15) is 0 Å². The van der Waals surface area contributed by atoms with Gasteiger partial charge in [-0.25, -0.2) is 9.48 Å². The van der Waals surface area contributed by atoms with Gasteiger partial charge in [0.05, 0.1) is 24.9 Å². The van der Waals surface area contributed by atoms with Crippen LogP contribution in [0.4, 0.5) is 0 Å². The molecular formula is C20H18N4O3. The second-order valence-corrected chi connectivity index (χ2v) is 6.38. The average Bonchev–Trinajstić information content (AvgIpc) is 3.16. The van der Waals surface area contributed by atoms with E-state index < -0.39 is 5.97 Å². The van der Waals surface area contributed by atoms with Gasteiger partial charge in [-0.3, -0.25) is 4.79 Å². The molecule has 0 atom stereocenters. The quantitative estimate of drug-likeness (QED) is 0.666. The van der Waals surface area contributed by atoms with Crippen molar-refractivity contribution in [2.75, 3.05) is 20.2 Å². The van der Waals surface area contributed by atoms with Gasteiger partial charge in [0, 0.05) is 24.2 Å². The van der Waals surface area contributed by atoms with Crippen LogP contribution in [0.25, 0.3) is 11.3 Å². The molecule has 1 aliphatic heterocycles. The Balaban J connectivity index is 1.39. The summed E-state index contributed by atoms with van der Waals surface area (Å²) in [6.45, 7) is 1.16. The van der Waals surface area contributed by atoms with Crippen LogP contribution >= 0.6 is 0 Å². The number of benzene rings is 2. The minimum absolute atomic E-state index is 0.0638. The molecule has 1 aliphatic rings. The van der Waals surface area contributed by atoms with Crippen molar-refractivity contribution < 1.29 is 14.3 Å². The Kier molecular flexibility index (Phi) is 4.42. The van der Waals surface area contributed by atoms with E-state index in [1.54, 1.807) is 29.2 Å². The van der Waals surface area contributed by atoms with Gasteiger partial charge in [0.2, 0.25) is 0 Å². The molecule has 136 valence electrons. The van der Waals surface area contributed by atoms with Gasteiger partial charge in [-0.05, 0) is 24.3 Å². The predicted octanol–water partition coefficient (Wildman–Crippen LogP) is 2.43. The fourth-order valence-electron chi connectivity index (χ4n) is 3.03. The molecule has 0 saturated carbocycles. The molecule has 1 saturated heterocycles. The summed E-state index contributed by atoms with van der Waals surface area (Å²) in [6.07, 6.45) is 1.91. The third-order valence-electron chi connectivity index (χ3n) is 4.66. The number of methoxy groups -OCH3 is 1. The number of nitrogens with zero attached hydrogens (tertiary/aromatic N) is 4. The van der Waals surface area contributed by atoms with Crippen LogP contribution in [0.2, 0.25) is 0 Å². The smallest absolute Gasteiger partial charge is 0.337 e. The maximum atomic E-state index is 12.5. The Labute approximate surface area is 156 Å². The molecule has 0 aliphatic carbocycles. The minimum Gasteiger partial charge on any atom is -0.465 e. The molecule has 3 aromatic rings. The number of likely N-dealkylation sites (tertiary alicyclic amines) is 1. The van der Waals surface area contributed by atoms with Crippen molar-refractivity contribution in [3.8, 4) is 11.3 Å². The van der Waals surface area contributed by atoms with E-state index in [0.29, 0.717) is 24.2 Å². The van der Waals surface area contributed by atoms with E-state index in [0.717, 1.165) is 11.3 Å². The van der Waals surface area contributed by atoms with Gasteiger partial charge in [-0.15, -0.1) is 5.10 Å². The number of hydrogen-bond donors (Lipinski definition) is 0.